The fourth-order valence-corrected chi connectivity index (χ4v) is 2.02. The molecule has 1 amide bonds. The van der Waals surface area contributed by atoms with Gasteiger partial charge in [0.25, 0.3) is 5.91 Å². The molecule has 0 bridgehead atoms. The standard InChI is InChI=1S/C16H18N2O3/c1-9-4-7-14(10(2)15(9)19)18-16(20)12-8-11(21-3)5-6-13(12)17/h4-8,19H,17H2,1-3H3,(H,18,20). The number of hydrogen-bond donors (Lipinski definition) is 3. The predicted octanol–water partition coefficient (Wildman–Crippen LogP) is 2.85. The monoisotopic (exact) mass is 286 g/mol. The van der Waals surface area contributed by atoms with Crippen molar-refractivity contribution in [2.24, 2.45) is 0 Å². The van der Waals surface area contributed by atoms with Gasteiger partial charge < -0.3 is 20.9 Å². The number of carbonyl (C=O) groups excluding carboxylic acids is 1. The Hall–Kier alpha value is -2.69. The van der Waals surface area contributed by atoms with Crippen LogP contribution in [0.2, 0.25) is 0 Å². The molecule has 0 saturated carbocycles. The Morgan fingerprint density at radius 3 is 2.62 bits per heavy atom. The maximum atomic E-state index is 12.3. The first-order valence-electron chi connectivity index (χ1n) is 6.48. The van der Waals surface area contributed by atoms with Crippen LogP contribution in [-0.2, 0) is 0 Å². The summed E-state index contributed by atoms with van der Waals surface area (Å²) in [6, 6.07) is 8.38. The van der Waals surface area contributed by atoms with Gasteiger partial charge in [-0.3, -0.25) is 4.79 Å². The van der Waals surface area contributed by atoms with E-state index in [1.165, 1.54) is 7.11 Å². The van der Waals surface area contributed by atoms with E-state index in [4.69, 9.17) is 10.5 Å². The van der Waals surface area contributed by atoms with Crippen molar-refractivity contribution in [3.8, 4) is 11.5 Å². The first kappa shape index (κ1) is 14.7. The highest BCUT2D eigenvalue weighted by Gasteiger charge is 2.14. The number of phenols is 1. The van der Waals surface area contributed by atoms with E-state index in [0.717, 1.165) is 5.56 Å². The molecule has 0 unspecified atom stereocenters. The van der Waals surface area contributed by atoms with Crippen LogP contribution >= 0.6 is 0 Å². The Kier molecular flexibility index (Phi) is 4.03. The average molecular weight is 286 g/mol. The molecule has 0 radical (unpaired) electrons. The van der Waals surface area contributed by atoms with Crippen LogP contribution in [-0.4, -0.2) is 18.1 Å². The number of nitrogens with one attached hydrogen (secondary N) is 1. The van der Waals surface area contributed by atoms with Crippen LogP contribution in [0, 0.1) is 13.8 Å². The van der Waals surface area contributed by atoms with E-state index in [-0.39, 0.29) is 11.7 Å². The first-order chi connectivity index (χ1) is 9.93. The van der Waals surface area contributed by atoms with E-state index in [1.807, 2.05) is 0 Å². The molecule has 2 aromatic carbocycles. The summed E-state index contributed by atoms with van der Waals surface area (Å²) in [6.45, 7) is 3.54. The highest BCUT2D eigenvalue weighted by atomic mass is 16.5. The zero-order valence-corrected chi connectivity index (χ0v) is 12.2. The number of hydrogen-bond acceptors (Lipinski definition) is 4. The summed E-state index contributed by atoms with van der Waals surface area (Å²) in [7, 11) is 1.52. The van der Waals surface area contributed by atoms with E-state index >= 15 is 0 Å². The van der Waals surface area contributed by atoms with E-state index in [9.17, 15) is 9.90 Å². The lowest BCUT2D eigenvalue weighted by Crippen LogP contribution is -2.15. The van der Waals surface area contributed by atoms with Gasteiger partial charge in [-0.2, -0.15) is 0 Å². The molecule has 0 aliphatic rings. The van der Waals surface area contributed by atoms with Gasteiger partial charge >= 0.3 is 0 Å². The summed E-state index contributed by atoms with van der Waals surface area (Å²) >= 11 is 0. The lowest BCUT2D eigenvalue weighted by molar-refractivity contribution is 0.102. The van der Waals surface area contributed by atoms with Crippen molar-refractivity contribution < 1.29 is 14.6 Å². The molecule has 0 fully saturated rings. The van der Waals surface area contributed by atoms with Crippen molar-refractivity contribution in [3.05, 3.63) is 47.0 Å². The van der Waals surface area contributed by atoms with Crippen LogP contribution < -0.4 is 15.8 Å². The topological polar surface area (TPSA) is 84.6 Å². The molecule has 110 valence electrons. The van der Waals surface area contributed by atoms with Gasteiger partial charge in [-0.25, -0.2) is 0 Å². The SMILES string of the molecule is COc1ccc(N)c(C(=O)Nc2ccc(C)c(O)c2C)c1. The largest absolute Gasteiger partial charge is 0.507 e. The van der Waals surface area contributed by atoms with Gasteiger partial charge in [0.2, 0.25) is 0 Å². The number of methoxy groups -OCH3 is 1. The molecule has 5 heteroatoms. The molecular weight excluding hydrogens is 268 g/mol. The minimum atomic E-state index is -0.349. The van der Waals surface area contributed by atoms with Gasteiger partial charge in [-0.1, -0.05) is 6.07 Å². The second kappa shape index (κ2) is 5.75. The average Bonchev–Trinajstić information content (AvgIpc) is 2.48. The van der Waals surface area contributed by atoms with Crippen molar-refractivity contribution in [1.82, 2.24) is 0 Å². The smallest absolute Gasteiger partial charge is 0.257 e. The van der Waals surface area contributed by atoms with E-state index < -0.39 is 0 Å². The second-order valence-corrected chi connectivity index (χ2v) is 4.81. The summed E-state index contributed by atoms with van der Waals surface area (Å²) in [5, 5.41) is 12.7. The maximum absolute atomic E-state index is 12.3. The number of phenolic OH excluding ortho intramolecular Hbond substituents is 1. The Morgan fingerprint density at radius 2 is 1.95 bits per heavy atom. The fraction of sp³-hybridized carbons (Fsp3) is 0.188. The molecule has 0 saturated heterocycles. The molecule has 0 atom stereocenters. The molecule has 0 spiro atoms. The molecule has 2 aromatic rings. The van der Waals surface area contributed by atoms with Crippen molar-refractivity contribution in [3.63, 3.8) is 0 Å². The molecule has 0 aliphatic heterocycles. The van der Waals surface area contributed by atoms with Gasteiger partial charge in [0.1, 0.15) is 11.5 Å². The summed E-state index contributed by atoms with van der Waals surface area (Å²) in [4.78, 5) is 12.3. The minimum Gasteiger partial charge on any atom is -0.507 e. The highest BCUT2D eigenvalue weighted by molar-refractivity contribution is 6.08. The van der Waals surface area contributed by atoms with Crippen LogP contribution in [0.25, 0.3) is 0 Å². The Labute approximate surface area is 123 Å². The Balaban J connectivity index is 2.32. The first-order valence-corrected chi connectivity index (χ1v) is 6.48. The normalized spacial score (nSPS) is 10.2. The molecule has 0 aliphatic carbocycles. The number of ether oxygens (including phenoxy) is 1. The number of nitrogen functional groups attached to an aromatic ring is 1. The van der Waals surface area contributed by atoms with Gasteiger partial charge in [-0.05, 0) is 43.7 Å². The number of amides is 1. The van der Waals surface area contributed by atoms with Crippen molar-refractivity contribution >= 4 is 17.3 Å². The lowest BCUT2D eigenvalue weighted by Gasteiger charge is -2.13. The van der Waals surface area contributed by atoms with Crippen LogP contribution in [0.5, 0.6) is 11.5 Å². The van der Waals surface area contributed by atoms with Gasteiger partial charge in [-0.15, -0.1) is 0 Å². The summed E-state index contributed by atoms with van der Waals surface area (Å²) in [5.41, 5.74) is 8.43. The van der Waals surface area contributed by atoms with Crippen LogP contribution in [0.4, 0.5) is 11.4 Å². The van der Waals surface area contributed by atoms with Crippen LogP contribution in [0.3, 0.4) is 0 Å². The molecule has 0 heterocycles. The third kappa shape index (κ3) is 2.91. The lowest BCUT2D eigenvalue weighted by atomic mass is 10.1. The van der Waals surface area contributed by atoms with E-state index in [0.29, 0.717) is 28.3 Å². The number of benzene rings is 2. The molecular formula is C16H18N2O3. The maximum Gasteiger partial charge on any atom is 0.257 e. The molecule has 4 N–H and O–H groups in total. The molecule has 5 nitrogen and oxygen atoms in total. The second-order valence-electron chi connectivity index (χ2n) is 4.81. The third-order valence-corrected chi connectivity index (χ3v) is 3.39. The quantitative estimate of drug-likeness (QED) is 0.757. The van der Waals surface area contributed by atoms with Gasteiger partial charge in [0.05, 0.1) is 12.7 Å². The van der Waals surface area contributed by atoms with Crippen molar-refractivity contribution in [2.45, 2.75) is 13.8 Å². The number of rotatable bonds is 3. The predicted molar refractivity (Wildman–Crippen MR) is 82.9 cm³/mol. The number of carbonyl (C=O) groups is 1. The summed E-state index contributed by atoms with van der Waals surface area (Å²) < 4.78 is 5.09. The van der Waals surface area contributed by atoms with Crippen molar-refractivity contribution in [1.29, 1.82) is 0 Å². The fourth-order valence-electron chi connectivity index (χ4n) is 2.02. The highest BCUT2D eigenvalue weighted by Crippen LogP contribution is 2.29. The molecule has 21 heavy (non-hydrogen) atoms. The van der Waals surface area contributed by atoms with E-state index in [1.54, 1.807) is 44.2 Å². The minimum absolute atomic E-state index is 0.173. The summed E-state index contributed by atoms with van der Waals surface area (Å²) in [5.74, 6) is 0.377. The zero-order valence-electron chi connectivity index (χ0n) is 12.2. The van der Waals surface area contributed by atoms with Crippen molar-refractivity contribution in [2.75, 3.05) is 18.2 Å². The Bertz CT molecular complexity index is 696. The van der Waals surface area contributed by atoms with Crippen LogP contribution in [0.1, 0.15) is 21.5 Å². The van der Waals surface area contributed by atoms with E-state index in [2.05, 4.69) is 5.32 Å². The Morgan fingerprint density at radius 1 is 1.24 bits per heavy atom. The number of nitrogens with two attached hydrogens (primary N) is 1. The number of aromatic hydroxyl groups is 1. The molecule has 0 aromatic heterocycles. The summed E-state index contributed by atoms with van der Waals surface area (Å²) in [6.07, 6.45) is 0. The van der Waals surface area contributed by atoms with Gasteiger partial charge in [0.15, 0.2) is 0 Å². The number of aryl methyl sites for hydroxylation is 1. The van der Waals surface area contributed by atoms with Gasteiger partial charge in [0, 0.05) is 16.9 Å². The zero-order chi connectivity index (χ0) is 15.6. The van der Waals surface area contributed by atoms with Crippen LogP contribution in [0.15, 0.2) is 30.3 Å². The third-order valence-electron chi connectivity index (χ3n) is 3.39. The molecule has 2 rings (SSSR count). The number of anilines is 2.